The lowest BCUT2D eigenvalue weighted by atomic mass is 10.1. The smallest absolute Gasteiger partial charge is 0.326 e. The van der Waals surface area contributed by atoms with Gasteiger partial charge in [-0.2, -0.15) is 0 Å². The van der Waals surface area contributed by atoms with Gasteiger partial charge in [0.15, 0.2) is 0 Å². The molecule has 0 spiro atoms. The van der Waals surface area contributed by atoms with E-state index in [0.717, 1.165) is 11.1 Å². The average Bonchev–Trinajstić information content (AvgIpc) is 2.29. The summed E-state index contributed by atoms with van der Waals surface area (Å²) in [6.45, 7) is 2.44. The first-order chi connectivity index (χ1) is 8.07. The molecule has 1 unspecified atom stereocenters. The molecule has 1 aromatic carbocycles. The molecule has 17 heavy (non-hydrogen) atoms. The van der Waals surface area contributed by atoms with Crippen molar-refractivity contribution in [3.8, 4) is 0 Å². The van der Waals surface area contributed by atoms with Gasteiger partial charge in [-0.1, -0.05) is 24.3 Å². The van der Waals surface area contributed by atoms with Crippen LogP contribution in [0.2, 0.25) is 0 Å². The van der Waals surface area contributed by atoms with E-state index in [1.165, 1.54) is 0 Å². The molecule has 0 heterocycles. The Morgan fingerprint density at radius 2 is 1.82 bits per heavy atom. The Hall–Kier alpha value is -0.710. The van der Waals surface area contributed by atoms with Gasteiger partial charge in [0.25, 0.3) is 0 Å². The zero-order valence-electron chi connectivity index (χ0n) is 9.83. The van der Waals surface area contributed by atoms with Crippen LogP contribution in [0.3, 0.4) is 0 Å². The molecule has 0 aromatic heterocycles. The van der Waals surface area contributed by atoms with Gasteiger partial charge in [-0.15, -0.1) is 0 Å². The summed E-state index contributed by atoms with van der Waals surface area (Å²) in [6.07, 6.45) is 0.558. The van der Waals surface area contributed by atoms with Crippen LogP contribution in [0.1, 0.15) is 18.1 Å². The van der Waals surface area contributed by atoms with Gasteiger partial charge in [0.2, 0.25) is 0 Å². The third-order valence-corrected chi connectivity index (χ3v) is 3.29. The number of benzene rings is 1. The topological polar surface area (TPSA) is 81.8 Å². The van der Waals surface area contributed by atoms with E-state index in [0.29, 0.717) is 13.0 Å². The van der Waals surface area contributed by atoms with Crippen molar-refractivity contribution in [3.05, 3.63) is 35.4 Å². The molecule has 3 N–H and O–H groups in total. The molecule has 0 aliphatic carbocycles. The van der Waals surface area contributed by atoms with Crippen LogP contribution in [0.25, 0.3) is 0 Å². The van der Waals surface area contributed by atoms with Gasteiger partial charge in [0.05, 0.1) is 13.2 Å². The largest absolute Gasteiger partial charge is 0.472 e. The summed E-state index contributed by atoms with van der Waals surface area (Å²) in [4.78, 5) is 9.17. The molecule has 1 rings (SSSR count). The highest BCUT2D eigenvalue weighted by molar-refractivity contribution is 7.47. The fraction of sp³-hybridized carbons (Fsp3) is 0.455. The number of phosphoric ester groups is 1. The summed E-state index contributed by atoms with van der Waals surface area (Å²) >= 11 is 0. The maximum atomic E-state index is 11.2. The minimum absolute atomic E-state index is 0.149. The summed E-state index contributed by atoms with van der Waals surface area (Å²) in [5, 5.41) is 0. The molecular weight excluding hydrogens is 241 g/mol. The van der Waals surface area contributed by atoms with Gasteiger partial charge in [0.1, 0.15) is 0 Å². The van der Waals surface area contributed by atoms with Crippen molar-refractivity contribution < 1.29 is 18.5 Å². The van der Waals surface area contributed by atoms with E-state index in [2.05, 4.69) is 4.52 Å². The predicted molar refractivity (Wildman–Crippen MR) is 65.4 cm³/mol. The molecule has 5 nitrogen and oxygen atoms in total. The van der Waals surface area contributed by atoms with Gasteiger partial charge in [-0.25, -0.2) is 4.57 Å². The summed E-state index contributed by atoms with van der Waals surface area (Å²) in [7, 11) is -3.86. The van der Waals surface area contributed by atoms with Crippen molar-refractivity contribution in [2.24, 2.45) is 5.73 Å². The molecule has 0 amide bonds. The first-order valence-electron chi connectivity index (χ1n) is 5.47. The van der Waals surface area contributed by atoms with Gasteiger partial charge in [0, 0.05) is 6.54 Å². The minimum atomic E-state index is -3.86. The third-order valence-electron chi connectivity index (χ3n) is 2.20. The Bertz CT molecular complexity index is 380. The predicted octanol–water partition coefficient (Wildman–Crippen LogP) is 1.84. The third kappa shape index (κ3) is 5.44. The maximum absolute atomic E-state index is 11.2. The molecule has 0 aliphatic heterocycles. The summed E-state index contributed by atoms with van der Waals surface area (Å²) in [5.74, 6) is 0. The molecular formula is C11H18NO4P. The molecule has 1 aromatic rings. The van der Waals surface area contributed by atoms with Crippen LogP contribution in [-0.2, 0) is 26.6 Å². The van der Waals surface area contributed by atoms with Crippen molar-refractivity contribution in [3.63, 3.8) is 0 Å². The van der Waals surface area contributed by atoms with E-state index in [1.807, 2.05) is 24.3 Å². The highest BCUT2D eigenvalue weighted by Crippen LogP contribution is 2.42. The Morgan fingerprint density at radius 1 is 1.24 bits per heavy atom. The number of hydrogen-bond acceptors (Lipinski definition) is 4. The lowest BCUT2D eigenvalue weighted by molar-refractivity contribution is 0.156. The Morgan fingerprint density at radius 3 is 2.35 bits per heavy atom. The maximum Gasteiger partial charge on any atom is 0.472 e. The van der Waals surface area contributed by atoms with Crippen LogP contribution in [0.5, 0.6) is 0 Å². The van der Waals surface area contributed by atoms with E-state index < -0.39 is 7.82 Å². The van der Waals surface area contributed by atoms with E-state index >= 15 is 0 Å². The fourth-order valence-corrected chi connectivity index (χ4v) is 2.04. The normalized spacial score (nSPS) is 14.5. The molecule has 0 aliphatic rings. The van der Waals surface area contributed by atoms with Gasteiger partial charge >= 0.3 is 7.82 Å². The molecule has 6 heteroatoms. The van der Waals surface area contributed by atoms with Crippen molar-refractivity contribution in [2.45, 2.75) is 19.9 Å². The number of rotatable bonds is 7. The molecule has 0 radical (unpaired) electrons. The summed E-state index contributed by atoms with van der Waals surface area (Å²) in [6, 6.07) is 7.70. The minimum Gasteiger partial charge on any atom is -0.326 e. The second kappa shape index (κ2) is 6.89. The highest BCUT2D eigenvalue weighted by atomic mass is 31.2. The second-order valence-electron chi connectivity index (χ2n) is 3.49. The van der Waals surface area contributed by atoms with Gasteiger partial charge in [-0.3, -0.25) is 9.05 Å². The Kier molecular flexibility index (Phi) is 5.82. The molecule has 1 atom stereocenters. The van der Waals surface area contributed by atoms with Crippen LogP contribution in [-0.4, -0.2) is 18.1 Å². The van der Waals surface area contributed by atoms with Crippen molar-refractivity contribution in [2.75, 3.05) is 13.2 Å². The van der Waals surface area contributed by atoms with Crippen LogP contribution < -0.4 is 5.73 Å². The van der Waals surface area contributed by atoms with Crippen molar-refractivity contribution >= 4 is 7.82 Å². The lowest BCUT2D eigenvalue weighted by Gasteiger charge is -2.10. The number of nitrogens with two attached hydrogens (primary N) is 1. The first kappa shape index (κ1) is 14.4. The Labute approximate surface area is 101 Å². The fourth-order valence-electron chi connectivity index (χ4n) is 1.32. The van der Waals surface area contributed by atoms with Gasteiger partial charge < -0.3 is 10.6 Å². The lowest BCUT2D eigenvalue weighted by Crippen LogP contribution is -2.00. The molecule has 0 fully saturated rings. The standard InChI is InChI=1S/C11H18NO4P/c1-2-15-17(13,14)16-8-7-10-3-5-11(9-12)6-4-10/h3-6H,2,7-9,12H2,1H3,(H,13,14). The zero-order valence-corrected chi connectivity index (χ0v) is 10.7. The number of hydrogen-bond donors (Lipinski definition) is 2. The second-order valence-corrected chi connectivity index (χ2v) is 4.94. The van der Waals surface area contributed by atoms with Gasteiger partial charge in [-0.05, 0) is 24.5 Å². The van der Waals surface area contributed by atoms with Crippen molar-refractivity contribution in [1.82, 2.24) is 0 Å². The van der Waals surface area contributed by atoms with E-state index in [-0.39, 0.29) is 13.2 Å². The first-order valence-corrected chi connectivity index (χ1v) is 6.96. The highest BCUT2D eigenvalue weighted by Gasteiger charge is 2.19. The van der Waals surface area contributed by atoms with E-state index in [4.69, 9.17) is 15.2 Å². The zero-order chi connectivity index (χ0) is 12.7. The molecule has 0 bridgehead atoms. The van der Waals surface area contributed by atoms with Crippen molar-refractivity contribution in [1.29, 1.82) is 0 Å². The summed E-state index contributed by atoms with van der Waals surface area (Å²) in [5.41, 5.74) is 7.56. The van der Waals surface area contributed by atoms with Crippen LogP contribution in [0, 0.1) is 0 Å². The molecule has 0 saturated heterocycles. The quantitative estimate of drug-likeness (QED) is 0.730. The molecule has 0 saturated carbocycles. The summed E-state index contributed by atoms with van der Waals surface area (Å²) < 4.78 is 20.6. The SMILES string of the molecule is CCOP(=O)(O)OCCc1ccc(CN)cc1. The van der Waals surface area contributed by atoms with E-state index in [1.54, 1.807) is 6.92 Å². The van der Waals surface area contributed by atoms with Crippen LogP contribution in [0.15, 0.2) is 24.3 Å². The average molecular weight is 259 g/mol. The monoisotopic (exact) mass is 259 g/mol. The van der Waals surface area contributed by atoms with Crippen LogP contribution >= 0.6 is 7.82 Å². The Balaban J connectivity index is 2.37. The van der Waals surface area contributed by atoms with Crippen LogP contribution in [0.4, 0.5) is 0 Å². The molecule has 96 valence electrons. The van der Waals surface area contributed by atoms with E-state index in [9.17, 15) is 4.57 Å². The number of phosphoric acid groups is 1.